The van der Waals surface area contributed by atoms with E-state index in [1.54, 1.807) is 19.9 Å². The predicted octanol–water partition coefficient (Wildman–Crippen LogP) is 2.34. The van der Waals surface area contributed by atoms with Crippen molar-refractivity contribution in [3.05, 3.63) is 29.3 Å². The van der Waals surface area contributed by atoms with E-state index in [9.17, 15) is 18.0 Å². The average Bonchev–Trinajstić information content (AvgIpc) is 2.69. The van der Waals surface area contributed by atoms with Crippen LogP contribution in [-0.4, -0.2) is 50.8 Å². The van der Waals surface area contributed by atoms with Crippen LogP contribution < -0.4 is 15.4 Å². The first-order chi connectivity index (χ1) is 14.2. The minimum absolute atomic E-state index is 0.0484. The number of carbonyl (C=O) groups excluding carboxylic acids is 2. The topological polar surface area (TPSA) is 105 Å². The van der Waals surface area contributed by atoms with Crippen molar-refractivity contribution in [1.82, 2.24) is 9.62 Å². The van der Waals surface area contributed by atoms with Gasteiger partial charge in [0.2, 0.25) is 15.9 Å². The number of rotatable bonds is 7. The summed E-state index contributed by atoms with van der Waals surface area (Å²) in [5.74, 6) is -0.328. The Kier molecular flexibility index (Phi) is 6.82. The summed E-state index contributed by atoms with van der Waals surface area (Å²) in [4.78, 5) is 24.1. The van der Waals surface area contributed by atoms with Crippen LogP contribution in [0.5, 0.6) is 5.75 Å². The number of anilines is 1. The van der Waals surface area contributed by atoms with Crippen molar-refractivity contribution in [3.8, 4) is 5.75 Å². The lowest BCUT2D eigenvalue weighted by molar-refractivity contribution is -0.123. The maximum absolute atomic E-state index is 13.0. The number of benzene rings is 1. The zero-order valence-electron chi connectivity index (χ0n) is 17.7. The molecular formula is C21H29N3O5S. The lowest BCUT2D eigenvalue weighted by Gasteiger charge is -2.25. The summed E-state index contributed by atoms with van der Waals surface area (Å²) in [6, 6.07) is 2.97. The fraction of sp³-hybridized carbons (Fsp3) is 0.524. The monoisotopic (exact) mass is 435 g/mol. The highest BCUT2D eigenvalue weighted by atomic mass is 32.2. The summed E-state index contributed by atoms with van der Waals surface area (Å²) >= 11 is 0. The van der Waals surface area contributed by atoms with E-state index >= 15 is 0 Å². The third-order valence-corrected chi connectivity index (χ3v) is 7.36. The standard InChI is InChI=1S/C21H29N3O5S/c1-14-11-17-18(29-15(2)21(26)23-17)12-19(14)30(27,28)24(3)13-20(25)22-10-9-16-7-5-4-6-8-16/h7,11-12,15H,4-6,8-10,13H2,1-3H3,(H,22,25)(H,23,26)/t15-/m1/s1. The molecule has 0 saturated heterocycles. The minimum Gasteiger partial charge on any atom is -0.479 e. The normalized spacial score (nSPS) is 18.9. The number of amides is 2. The second-order valence-corrected chi connectivity index (χ2v) is 9.85. The van der Waals surface area contributed by atoms with Gasteiger partial charge in [0.05, 0.1) is 17.1 Å². The molecule has 1 aromatic carbocycles. The number of hydrogen-bond donors (Lipinski definition) is 2. The lowest BCUT2D eigenvalue weighted by atomic mass is 9.97. The molecule has 0 radical (unpaired) electrons. The molecule has 164 valence electrons. The molecule has 3 rings (SSSR count). The largest absolute Gasteiger partial charge is 0.479 e. The number of nitrogens with one attached hydrogen (secondary N) is 2. The van der Waals surface area contributed by atoms with Crippen LogP contribution in [0.3, 0.4) is 0 Å². The number of ether oxygens (including phenoxy) is 1. The summed E-state index contributed by atoms with van der Waals surface area (Å²) in [6.07, 6.45) is 6.89. The summed E-state index contributed by atoms with van der Waals surface area (Å²) in [7, 11) is -2.53. The van der Waals surface area contributed by atoms with Crippen molar-refractivity contribution < 1.29 is 22.7 Å². The van der Waals surface area contributed by atoms with Gasteiger partial charge < -0.3 is 15.4 Å². The fourth-order valence-electron chi connectivity index (χ4n) is 3.63. The quantitative estimate of drug-likeness (QED) is 0.640. The van der Waals surface area contributed by atoms with Crippen LogP contribution in [-0.2, 0) is 19.6 Å². The Morgan fingerprint density at radius 3 is 2.80 bits per heavy atom. The number of carbonyl (C=O) groups is 2. The SMILES string of the molecule is Cc1cc2c(cc1S(=O)(=O)N(C)CC(=O)NCCC1=CCCCC1)O[C@H](C)C(=O)N2. The molecule has 2 N–H and O–H groups in total. The number of hydrogen-bond acceptors (Lipinski definition) is 5. The highest BCUT2D eigenvalue weighted by Gasteiger charge is 2.30. The first-order valence-electron chi connectivity index (χ1n) is 10.2. The van der Waals surface area contributed by atoms with Gasteiger partial charge in [0, 0.05) is 19.7 Å². The van der Waals surface area contributed by atoms with Gasteiger partial charge in [0.25, 0.3) is 5.91 Å². The van der Waals surface area contributed by atoms with Crippen LogP contribution in [0.4, 0.5) is 5.69 Å². The van der Waals surface area contributed by atoms with Crippen LogP contribution in [0, 0.1) is 6.92 Å². The molecule has 0 aromatic heterocycles. The summed E-state index contributed by atoms with van der Waals surface area (Å²) in [6.45, 7) is 3.46. The van der Waals surface area contributed by atoms with E-state index in [-0.39, 0.29) is 23.3 Å². The number of aryl methyl sites for hydroxylation is 1. The Balaban J connectivity index is 1.64. The van der Waals surface area contributed by atoms with E-state index < -0.39 is 16.1 Å². The highest BCUT2D eigenvalue weighted by Crippen LogP contribution is 2.35. The second kappa shape index (κ2) is 9.18. The van der Waals surface area contributed by atoms with E-state index in [1.807, 2.05) is 0 Å². The first-order valence-corrected chi connectivity index (χ1v) is 11.7. The molecule has 9 heteroatoms. The van der Waals surface area contributed by atoms with E-state index in [1.165, 1.54) is 31.5 Å². The lowest BCUT2D eigenvalue weighted by Crippen LogP contribution is -2.39. The summed E-state index contributed by atoms with van der Waals surface area (Å²) in [5.41, 5.74) is 2.25. The van der Waals surface area contributed by atoms with Gasteiger partial charge in [-0.3, -0.25) is 9.59 Å². The van der Waals surface area contributed by atoms with Gasteiger partial charge in [-0.05, 0) is 57.6 Å². The smallest absolute Gasteiger partial charge is 0.265 e. The van der Waals surface area contributed by atoms with Crippen molar-refractivity contribution in [3.63, 3.8) is 0 Å². The third kappa shape index (κ3) is 5.02. The summed E-state index contributed by atoms with van der Waals surface area (Å²) < 4.78 is 32.6. The van der Waals surface area contributed by atoms with Crippen molar-refractivity contribution in [1.29, 1.82) is 0 Å². The number of fused-ring (bicyclic) bond motifs is 1. The number of nitrogens with zero attached hydrogens (tertiary/aromatic N) is 1. The van der Waals surface area contributed by atoms with Crippen LogP contribution in [0.25, 0.3) is 0 Å². The molecular weight excluding hydrogens is 406 g/mol. The van der Waals surface area contributed by atoms with Gasteiger partial charge in [0.1, 0.15) is 5.75 Å². The third-order valence-electron chi connectivity index (χ3n) is 5.42. The molecule has 0 saturated carbocycles. The van der Waals surface area contributed by atoms with Gasteiger partial charge in [-0.25, -0.2) is 8.42 Å². The second-order valence-electron chi connectivity index (χ2n) is 7.83. The van der Waals surface area contributed by atoms with E-state index in [2.05, 4.69) is 16.7 Å². The molecule has 30 heavy (non-hydrogen) atoms. The van der Waals surface area contributed by atoms with Crippen LogP contribution in [0.2, 0.25) is 0 Å². The summed E-state index contributed by atoms with van der Waals surface area (Å²) in [5, 5.41) is 5.50. The molecule has 0 bridgehead atoms. The Bertz CT molecular complexity index is 971. The number of sulfonamides is 1. The average molecular weight is 436 g/mol. The maximum Gasteiger partial charge on any atom is 0.265 e. The highest BCUT2D eigenvalue weighted by molar-refractivity contribution is 7.89. The fourth-order valence-corrected chi connectivity index (χ4v) is 4.97. The first kappa shape index (κ1) is 22.3. The number of likely N-dealkylation sites (N-methyl/N-ethyl adjacent to an activating group) is 1. The molecule has 8 nitrogen and oxygen atoms in total. The Labute approximate surface area is 177 Å². The van der Waals surface area contributed by atoms with Crippen molar-refractivity contribution in [2.45, 2.75) is 57.0 Å². The van der Waals surface area contributed by atoms with Crippen LogP contribution >= 0.6 is 0 Å². The van der Waals surface area contributed by atoms with Crippen molar-refractivity contribution >= 4 is 27.5 Å². The number of allylic oxidation sites excluding steroid dienone is 1. The van der Waals surface area contributed by atoms with Gasteiger partial charge in [-0.2, -0.15) is 4.31 Å². The Morgan fingerprint density at radius 1 is 1.33 bits per heavy atom. The van der Waals surface area contributed by atoms with Crippen molar-refractivity contribution in [2.75, 3.05) is 25.5 Å². The maximum atomic E-state index is 13.0. The van der Waals surface area contributed by atoms with Gasteiger partial charge in [0.15, 0.2) is 6.10 Å². The predicted molar refractivity (Wildman–Crippen MR) is 114 cm³/mol. The van der Waals surface area contributed by atoms with Crippen molar-refractivity contribution in [2.24, 2.45) is 0 Å². The zero-order valence-corrected chi connectivity index (χ0v) is 18.5. The molecule has 1 aromatic rings. The molecule has 1 aliphatic heterocycles. The van der Waals surface area contributed by atoms with Crippen LogP contribution in [0.15, 0.2) is 28.7 Å². The zero-order chi connectivity index (χ0) is 21.9. The Hall–Kier alpha value is -2.39. The molecule has 0 unspecified atom stereocenters. The minimum atomic E-state index is -3.91. The molecule has 1 heterocycles. The molecule has 0 spiro atoms. The van der Waals surface area contributed by atoms with Crippen LogP contribution in [0.1, 0.15) is 44.6 Å². The molecule has 2 amide bonds. The van der Waals surface area contributed by atoms with Gasteiger partial charge in [-0.15, -0.1) is 0 Å². The van der Waals surface area contributed by atoms with Gasteiger partial charge in [-0.1, -0.05) is 11.6 Å². The molecule has 1 aliphatic carbocycles. The molecule has 1 atom stereocenters. The Morgan fingerprint density at radius 2 is 2.10 bits per heavy atom. The van der Waals surface area contributed by atoms with E-state index in [0.29, 0.717) is 23.5 Å². The molecule has 2 aliphatic rings. The van der Waals surface area contributed by atoms with Gasteiger partial charge >= 0.3 is 0 Å². The molecule has 0 fully saturated rings. The van der Waals surface area contributed by atoms with E-state index in [0.717, 1.165) is 23.6 Å². The van der Waals surface area contributed by atoms with E-state index in [4.69, 9.17) is 4.74 Å².